The molecule has 3 aliphatic rings. The molecule has 31 heavy (non-hydrogen) atoms. The van der Waals surface area contributed by atoms with E-state index in [1.54, 1.807) is 12.1 Å². The third kappa shape index (κ3) is 3.49. The van der Waals surface area contributed by atoms with Crippen LogP contribution >= 0.6 is 0 Å². The largest absolute Gasteiger partial charge is 0.478 e. The van der Waals surface area contributed by atoms with E-state index in [9.17, 15) is 9.59 Å². The van der Waals surface area contributed by atoms with Crippen molar-refractivity contribution in [1.82, 2.24) is 4.90 Å². The molecule has 0 aromatic heterocycles. The van der Waals surface area contributed by atoms with Crippen LogP contribution in [0.15, 0.2) is 42.5 Å². The maximum absolute atomic E-state index is 12.5. The lowest BCUT2D eigenvalue weighted by Gasteiger charge is -2.58. The second kappa shape index (κ2) is 7.68. The normalized spacial score (nSPS) is 27.0. The highest BCUT2D eigenvalue weighted by Gasteiger charge is 2.53. The third-order valence-corrected chi connectivity index (χ3v) is 7.67. The molecule has 1 saturated heterocycles. The Morgan fingerprint density at radius 3 is 2.71 bits per heavy atom. The number of hydrogen-bond donors (Lipinski definition) is 2. The van der Waals surface area contributed by atoms with Gasteiger partial charge in [-0.05, 0) is 92.7 Å². The topological polar surface area (TPSA) is 78.9 Å². The van der Waals surface area contributed by atoms with Crippen LogP contribution in [0.4, 0.5) is 10.5 Å². The first-order valence-electron chi connectivity index (χ1n) is 11.1. The Morgan fingerprint density at radius 1 is 1.13 bits per heavy atom. The average Bonchev–Trinajstić information content (AvgIpc) is 2.77. The number of nitrogens with one attached hydrogen (secondary N) is 1. The summed E-state index contributed by atoms with van der Waals surface area (Å²) < 4.78 is 5.62. The van der Waals surface area contributed by atoms with E-state index < -0.39 is 12.1 Å². The zero-order valence-electron chi connectivity index (χ0n) is 17.8. The second-order valence-electron chi connectivity index (χ2n) is 9.23. The van der Waals surface area contributed by atoms with Crippen LogP contribution in [0.5, 0.6) is 5.75 Å². The summed E-state index contributed by atoms with van der Waals surface area (Å²) >= 11 is 0. The number of anilines is 1. The van der Waals surface area contributed by atoms with Gasteiger partial charge in [-0.15, -0.1) is 0 Å². The van der Waals surface area contributed by atoms with Crippen LogP contribution in [0, 0.1) is 5.92 Å². The quantitative estimate of drug-likeness (QED) is 0.754. The zero-order chi connectivity index (χ0) is 21.6. The van der Waals surface area contributed by atoms with Crippen molar-refractivity contribution in [2.24, 2.45) is 5.92 Å². The van der Waals surface area contributed by atoms with Crippen molar-refractivity contribution in [3.8, 4) is 5.75 Å². The molecule has 0 spiro atoms. The van der Waals surface area contributed by atoms with Gasteiger partial charge in [-0.3, -0.25) is 5.32 Å². The fourth-order valence-corrected chi connectivity index (χ4v) is 6.19. The Labute approximate surface area is 182 Å². The summed E-state index contributed by atoms with van der Waals surface area (Å²) in [4.78, 5) is 26.0. The van der Waals surface area contributed by atoms with Crippen LogP contribution in [-0.4, -0.2) is 41.7 Å². The summed E-state index contributed by atoms with van der Waals surface area (Å²) in [6.07, 6.45) is 6.75. The molecule has 2 aromatic rings. The number of likely N-dealkylation sites (N-methyl/N-ethyl adjacent to an activating group) is 1. The molecule has 2 N–H and O–H groups in total. The maximum Gasteiger partial charge on any atom is 0.417 e. The number of aromatic carboxylic acids is 1. The number of ether oxygens (including phenoxy) is 1. The van der Waals surface area contributed by atoms with Gasteiger partial charge in [-0.1, -0.05) is 18.9 Å². The van der Waals surface area contributed by atoms with Gasteiger partial charge in [0.2, 0.25) is 0 Å². The number of carbonyl (C=O) groups excluding carboxylic acids is 1. The number of nitrogens with zero attached hydrogens (tertiary/aromatic N) is 1. The van der Waals surface area contributed by atoms with Gasteiger partial charge in [-0.25, -0.2) is 9.59 Å². The van der Waals surface area contributed by atoms with Gasteiger partial charge in [0, 0.05) is 17.1 Å². The molecule has 6 heteroatoms. The van der Waals surface area contributed by atoms with Gasteiger partial charge < -0.3 is 14.7 Å². The van der Waals surface area contributed by atoms with Gasteiger partial charge in [0.05, 0.1) is 5.56 Å². The lowest BCUT2D eigenvalue weighted by molar-refractivity contribution is 0.00275. The first kappa shape index (κ1) is 20.1. The Kier molecular flexibility index (Phi) is 4.97. The number of likely N-dealkylation sites (tertiary alicyclic amines) is 1. The number of carboxylic acids is 1. The molecule has 2 aliphatic carbocycles. The molecule has 1 heterocycles. The van der Waals surface area contributed by atoms with Crippen LogP contribution < -0.4 is 10.1 Å². The summed E-state index contributed by atoms with van der Waals surface area (Å²) in [5, 5.41) is 11.7. The monoisotopic (exact) mass is 420 g/mol. The van der Waals surface area contributed by atoms with Crippen LogP contribution in [0.25, 0.3) is 0 Å². The lowest BCUT2D eigenvalue weighted by Crippen LogP contribution is -2.59. The molecular weight excluding hydrogens is 392 g/mol. The number of carboxylic acid groups (broad SMARTS) is 1. The highest BCUT2D eigenvalue weighted by molar-refractivity contribution is 5.90. The van der Waals surface area contributed by atoms with Crippen molar-refractivity contribution in [2.45, 2.75) is 50.0 Å². The van der Waals surface area contributed by atoms with E-state index in [1.807, 2.05) is 6.07 Å². The zero-order valence-corrected chi connectivity index (χ0v) is 17.8. The molecule has 3 atom stereocenters. The molecule has 2 fully saturated rings. The minimum absolute atomic E-state index is 0.173. The van der Waals surface area contributed by atoms with Gasteiger partial charge in [0.15, 0.2) is 0 Å². The van der Waals surface area contributed by atoms with Crippen molar-refractivity contribution in [3.63, 3.8) is 0 Å². The predicted molar refractivity (Wildman–Crippen MR) is 118 cm³/mol. The van der Waals surface area contributed by atoms with Crippen LogP contribution in [0.1, 0.15) is 53.6 Å². The first-order valence-corrected chi connectivity index (χ1v) is 11.1. The van der Waals surface area contributed by atoms with Crippen LogP contribution in [0.2, 0.25) is 0 Å². The SMILES string of the molecule is CN1CCC23CCCCC2C1Cc1ccc(OC(=O)Nc2ccc(C(=O)O)cc2)cc13. The van der Waals surface area contributed by atoms with Crippen molar-refractivity contribution >= 4 is 17.7 Å². The van der Waals surface area contributed by atoms with Gasteiger partial charge in [0.1, 0.15) is 5.75 Å². The van der Waals surface area contributed by atoms with Crippen molar-refractivity contribution in [3.05, 3.63) is 59.2 Å². The maximum atomic E-state index is 12.5. The lowest BCUT2D eigenvalue weighted by atomic mass is 9.52. The Hall–Kier alpha value is -2.86. The van der Waals surface area contributed by atoms with Gasteiger partial charge in [0.25, 0.3) is 0 Å². The average molecular weight is 421 g/mol. The smallest absolute Gasteiger partial charge is 0.417 e. The number of piperidine rings is 1. The predicted octanol–water partition coefficient (Wildman–Crippen LogP) is 4.68. The van der Waals surface area contributed by atoms with E-state index in [4.69, 9.17) is 9.84 Å². The molecule has 1 aliphatic heterocycles. The molecule has 1 amide bonds. The van der Waals surface area contributed by atoms with E-state index in [2.05, 4.69) is 29.4 Å². The second-order valence-corrected chi connectivity index (χ2v) is 9.23. The molecule has 2 aromatic carbocycles. The summed E-state index contributed by atoms with van der Waals surface area (Å²) in [7, 11) is 2.26. The highest BCUT2D eigenvalue weighted by Crippen LogP contribution is 2.55. The number of benzene rings is 2. The Balaban J connectivity index is 1.37. The molecule has 5 rings (SSSR count). The molecular formula is C25H28N2O4. The van der Waals surface area contributed by atoms with E-state index in [-0.39, 0.29) is 11.0 Å². The Morgan fingerprint density at radius 2 is 1.94 bits per heavy atom. The van der Waals surface area contributed by atoms with Crippen molar-refractivity contribution < 1.29 is 19.4 Å². The summed E-state index contributed by atoms with van der Waals surface area (Å²) in [5.74, 6) is 0.249. The summed E-state index contributed by atoms with van der Waals surface area (Å²) in [5.41, 5.74) is 3.67. The van der Waals surface area contributed by atoms with Crippen LogP contribution in [-0.2, 0) is 11.8 Å². The standard InChI is InChI=1S/C25H28N2O4/c1-27-13-12-25-11-3-2-4-20(25)22(27)14-17-7-10-19(15-21(17)25)31-24(30)26-18-8-5-16(6-9-18)23(28)29/h5-10,15,20,22H,2-4,11-14H2,1H3,(H,26,30)(H,28,29). The molecule has 2 bridgehead atoms. The minimum atomic E-state index is -1.00. The number of rotatable bonds is 3. The molecule has 0 radical (unpaired) electrons. The first-order chi connectivity index (χ1) is 15.0. The fourth-order valence-electron chi connectivity index (χ4n) is 6.19. The van der Waals surface area contributed by atoms with E-state index >= 15 is 0 Å². The van der Waals surface area contributed by atoms with Gasteiger partial charge in [-0.2, -0.15) is 0 Å². The molecule has 6 nitrogen and oxygen atoms in total. The van der Waals surface area contributed by atoms with Crippen molar-refractivity contribution in [1.29, 1.82) is 0 Å². The van der Waals surface area contributed by atoms with Crippen molar-refractivity contribution in [2.75, 3.05) is 18.9 Å². The number of amides is 1. The number of hydrogen-bond acceptors (Lipinski definition) is 4. The summed E-state index contributed by atoms with van der Waals surface area (Å²) in [6, 6.07) is 12.8. The Bertz CT molecular complexity index is 1020. The van der Waals surface area contributed by atoms with Gasteiger partial charge >= 0.3 is 12.1 Å². The van der Waals surface area contributed by atoms with E-state index in [0.717, 1.165) is 13.0 Å². The highest BCUT2D eigenvalue weighted by atomic mass is 16.6. The number of fused-ring (bicyclic) bond motifs is 1. The van der Waals surface area contributed by atoms with Crippen LogP contribution in [0.3, 0.4) is 0 Å². The third-order valence-electron chi connectivity index (χ3n) is 7.67. The van der Waals surface area contributed by atoms with E-state index in [1.165, 1.54) is 55.4 Å². The molecule has 3 unspecified atom stereocenters. The fraction of sp³-hybridized carbons (Fsp3) is 0.440. The summed E-state index contributed by atoms with van der Waals surface area (Å²) in [6.45, 7) is 1.12. The van der Waals surface area contributed by atoms with E-state index in [0.29, 0.717) is 23.4 Å². The molecule has 162 valence electrons. The number of carbonyl (C=O) groups is 2. The minimum Gasteiger partial charge on any atom is -0.478 e. The molecule has 1 saturated carbocycles.